The number of alkyl halides is 3. The monoisotopic (exact) mass is 410 g/mol. The third kappa shape index (κ3) is 7.20. The molecule has 0 aromatic heterocycles. The van der Waals surface area contributed by atoms with Crippen LogP contribution >= 0.6 is 0 Å². The molecule has 1 saturated heterocycles. The van der Waals surface area contributed by atoms with Gasteiger partial charge in [0.05, 0.1) is 5.56 Å². The maximum absolute atomic E-state index is 13.0. The Balaban J connectivity index is 1.88. The van der Waals surface area contributed by atoms with Crippen LogP contribution in [0.15, 0.2) is 24.3 Å². The Kier molecular flexibility index (Phi) is 8.25. The van der Waals surface area contributed by atoms with Crippen molar-refractivity contribution in [1.82, 2.24) is 10.2 Å². The molecule has 0 radical (unpaired) electrons. The van der Waals surface area contributed by atoms with Crippen molar-refractivity contribution < 1.29 is 18.0 Å². The van der Waals surface area contributed by atoms with Crippen molar-refractivity contribution in [2.45, 2.75) is 51.6 Å². The SMILES string of the molecule is Cc1c(C(N)=CC(=N)NC(=O)CCCN2CCCCCC2)cccc1C(F)(F)F. The lowest BCUT2D eigenvalue weighted by atomic mass is 9.99. The van der Waals surface area contributed by atoms with Gasteiger partial charge in [-0.1, -0.05) is 25.0 Å². The first-order valence-electron chi connectivity index (χ1n) is 9.93. The first-order chi connectivity index (χ1) is 13.7. The van der Waals surface area contributed by atoms with Crippen LogP contribution in [0.3, 0.4) is 0 Å². The van der Waals surface area contributed by atoms with Crippen LogP contribution in [0.1, 0.15) is 55.2 Å². The lowest BCUT2D eigenvalue weighted by molar-refractivity contribution is -0.138. The molecule has 0 atom stereocenters. The molecular weight excluding hydrogens is 381 g/mol. The Morgan fingerprint density at radius 2 is 1.90 bits per heavy atom. The highest BCUT2D eigenvalue weighted by molar-refractivity contribution is 6.05. The number of nitrogens with one attached hydrogen (secondary N) is 2. The minimum atomic E-state index is -4.48. The number of benzene rings is 1. The molecule has 1 fully saturated rings. The predicted octanol–water partition coefficient (Wildman–Crippen LogP) is 4.06. The van der Waals surface area contributed by atoms with Crippen molar-refractivity contribution in [2.75, 3.05) is 19.6 Å². The summed E-state index contributed by atoms with van der Waals surface area (Å²) in [4.78, 5) is 14.4. The molecule has 0 spiro atoms. The summed E-state index contributed by atoms with van der Waals surface area (Å²) in [6, 6.07) is 3.73. The second-order valence-electron chi connectivity index (χ2n) is 7.40. The fraction of sp³-hybridized carbons (Fsp3) is 0.524. The molecule has 29 heavy (non-hydrogen) atoms. The highest BCUT2D eigenvalue weighted by Crippen LogP contribution is 2.33. The molecule has 1 aliphatic rings. The Hall–Kier alpha value is -2.35. The fourth-order valence-electron chi connectivity index (χ4n) is 3.56. The molecule has 8 heteroatoms. The van der Waals surface area contributed by atoms with E-state index in [1.807, 2.05) is 0 Å². The van der Waals surface area contributed by atoms with Gasteiger partial charge in [-0.15, -0.1) is 0 Å². The van der Waals surface area contributed by atoms with Gasteiger partial charge in [-0.2, -0.15) is 13.2 Å². The maximum atomic E-state index is 13.0. The number of halogens is 3. The van der Waals surface area contributed by atoms with Gasteiger partial charge in [0.1, 0.15) is 5.84 Å². The average Bonchev–Trinajstić information content (AvgIpc) is 2.89. The van der Waals surface area contributed by atoms with E-state index >= 15 is 0 Å². The summed E-state index contributed by atoms with van der Waals surface area (Å²) >= 11 is 0. The molecule has 0 saturated carbocycles. The van der Waals surface area contributed by atoms with Crippen LogP contribution in [0, 0.1) is 12.3 Å². The Labute approximate surface area is 169 Å². The highest BCUT2D eigenvalue weighted by Gasteiger charge is 2.33. The van der Waals surface area contributed by atoms with Crippen molar-refractivity contribution in [1.29, 1.82) is 5.41 Å². The number of carbonyl (C=O) groups is 1. The average molecular weight is 410 g/mol. The van der Waals surface area contributed by atoms with E-state index in [1.54, 1.807) is 0 Å². The number of carbonyl (C=O) groups excluding carboxylic acids is 1. The molecule has 0 unspecified atom stereocenters. The molecular formula is C21H29F3N4O. The third-order valence-electron chi connectivity index (χ3n) is 5.10. The normalized spacial score (nSPS) is 16.3. The fourth-order valence-corrected chi connectivity index (χ4v) is 3.56. The van der Waals surface area contributed by atoms with Crippen molar-refractivity contribution in [3.63, 3.8) is 0 Å². The number of nitrogens with zero attached hydrogens (tertiary/aromatic N) is 1. The summed E-state index contributed by atoms with van der Waals surface area (Å²) < 4.78 is 39.1. The lowest BCUT2D eigenvalue weighted by Gasteiger charge is -2.19. The molecule has 160 valence electrons. The third-order valence-corrected chi connectivity index (χ3v) is 5.10. The van der Waals surface area contributed by atoms with E-state index in [0.29, 0.717) is 6.42 Å². The van der Waals surface area contributed by atoms with Crippen LogP contribution in [0.25, 0.3) is 5.70 Å². The molecule has 0 bridgehead atoms. The van der Waals surface area contributed by atoms with Gasteiger partial charge in [0, 0.05) is 23.8 Å². The van der Waals surface area contributed by atoms with Crippen LogP contribution in [0.4, 0.5) is 13.2 Å². The van der Waals surface area contributed by atoms with E-state index in [1.165, 1.54) is 50.8 Å². The van der Waals surface area contributed by atoms with Crippen molar-refractivity contribution in [3.8, 4) is 0 Å². The number of amides is 1. The molecule has 4 N–H and O–H groups in total. The van der Waals surface area contributed by atoms with Gasteiger partial charge < -0.3 is 16.0 Å². The van der Waals surface area contributed by atoms with E-state index in [9.17, 15) is 18.0 Å². The van der Waals surface area contributed by atoms with Gasteiger partial charge in [0.15, 0.2) is 0 Å². The maximum Gasteiger partial charge on any atom is 0.416 e. The zero-order chi connectivity index (χ0) is 21.4. The lowest BCUT2D eigenvalue weighted by Crippen LogP contribution is -2.31. The smallest absolute Gasteiger partial charge is 0.398 e. The van der Waals surface area contributed by atoms with E-state index in [-0.39, 0.29) is 35.0 Å². The zero-order valence-corrected chi connectivity index (χ0v) is 16.7. The number of amidine groups is 1. The second kappa shape index (κ2) is 10.4. The minimum absolute atomic E-state index is 0.00321. The molecule has 0 aliphatic carbocycles. The van der Waals surface area contributed by atoms with Crippen LogP contribution in [-0.2, 0) is 11.0 Å². The van der Waals surface area contributed by atoms with Crippen LogP contribution in [0.2, 0.25) is 0 Å². The summed E-state index contributed by atoms with van der Waals surface area (Å²) in [5.41, 5.74) is 5.31. The Morgan fingerprint density at radius 1 is 1.24 bits per heavy atom. The summed E-state index contributed by atoms with van der Waals surface area (Å²) in [5.74, 6) is -0.534. The summed E-state index contributed by atoms with van der Waals surface area (Å²) in [5, 5.41) is 10.3. The number of rotatable bonds is 6. The molecule has 2 rings (SSSR count). The predicted molar refractivity (Wildman–Crippen MR) is 108 cm³/mol. The first kappa shape index (κ1) is 22.9. The van der Waals surface area contributed by atoms with E-state index < -0.39 is 11.7 Å². The van der Waals surface area contributed by atoms with Gasteiger partial charge in [0.25, 0.3) is 0 Å². The number of likely N-dealkylation sites (tertiary alicyclic amines) is 1. The number of hydrogen-bond acceptors (Lipinski definition) is 4. The van der Waals surface area contributed by atoms with Crippen LogP contribution in [-0.4, -0.2) is 36.3 Å². The van der Waals surface area contributed by atoms with Gasteiger partial charge in [0.2, 0.25) is 5.91 Å². The zero-order valence-electron chi connectivity index (χ0n) is 16.7. The molecule has 1 aromatic carbocycles. The largest absolute Gasteiger partial charge is 0.416 e. The summed E-state index contributed by atoms with van der Waals surface area (Å²) in [7, 11) is 0. The van der Waals surface area contributed by atoms with Crippen molar-refractivity contribution in [2.24, 2.45) is 5.73 Å². The molecule has 5 nitrogen and oxygen atoms in total. The number of hydrogen-bond donors (Lipinski definition) is 3. The summed E-state index contributed by atoms with van der Waals surface area (Å²) in [6.07, 6.45) is 2.58. The highest BCUT2D eigenvalue weighted by atomic mass is 19.4. The molecule has 1 aromatic rings. The second-order valence-corrected chi connectivity index (χ2v) is 7.40. The van der Waals surface area contributed by atoms with E-state index in [2.05, 4.69) is 10.2 Å². The summed E-state index contributed by atoms with van der Waals surface area (Å²) in [6.45, 7) is 4.31. The van der Waals surface area contributed by atoms with Crippen LogP contribution < -0.4 is 11.1 Å². The Morgan fingerprint density at radius 3 is 2.52 bits per heavy atom. The topological polar surface area (TPSA) is 82.2 Å². The standard InChI is InChI=1S/C21H29F3N4O/c1-15-16(8-6-9-17(15)21(22,23)24)18(25)14-19(26)27-20(29)10-7-13-28-11-4-2-3-5-12-28/h6,8-9,14H,2-5,7,10-13,25H2,1H3,(H2,26,27,29). The van der Waals surface area contributed by atoms with Gasteiger partial charge in [-0.25, -0.2) is 0 Å². The van der Waals surface area contributed by atoms with Crippen molar-refractivity contribution in [3.05, 3.63) is 41.0 Å². The van der Waals surface area contributed by atoms with Gasteiger partial charge in [-0.3, -0.25) is 10.2 Å². The van der Waals surface area contributed by atoms with Gasteiger partial charge >= 0.3 is 6.18 Å². The van der Waals surface area contributed by atoms with E-state index in [0.717, 1.165) is 25.7 Å². The van der Waals surface area contributed by atoms with E-state index in [4.69, 9.17) is 11.1 Å². The van der Waals surface area contributed by atoms with Crippen molar-refractivity contribution >= 4 is 17.4 Å². The minimum Gasteiger partial charge on any atom is -0.398 e. The molecule has 1 aliphatic heterocycles. The van der Waals surface area contributed by atoms with Crippen LogP contribution in [0.5, 0.6) is 0 Å². The first-order valence-corrected chi connectivity index (χ1v) is 9.93. The quantitative estimate of drug-likeness (QED) is 0.489. The molecule has 1 heterocycles. The number of nitrogens with two attached hydrogens (primary N) is 1. The molecule has 1 amide bonds. The van der Waals surface area contributed by atoms with Gasteiger partial charge in [-0.05, 0) is 57.5 Å². The Bertz CT molecular complexity index is 751.